The second kappa shape index (κ2) is 50.4. The van der Waals surface area contributed by atoms with Crippen LogP contribution in [0.4, 0.5) is 32.3 Å². The number of anilines is 1. The van der Waals surface area contributed by atoms with E-state index in [1.165, 1.54) is 53.6 Å². The number of aromatic carboxylic acids is 1. The SMILES string of the molecule is Cc1cc([N+](=O)[O-])c2[nH]c(=O)c(=O)[nH]c2c1.Cc1cc2[nH]c(=O)c(=O)[nH]c2c2c1CCN(C)C2.Cc1cc2[nH]c(=O)c(=O)[nH]c2c2cccc(SOON)c12.NC(=O)OCC(COC(N)=O)c1ccccc1.NC1(COO)CC1.O=C(/C=C/c1c(C(=O)O)[nH]c2cc(Cl)cc(Cl)c12)Nc1ccccc1.O=c1[nH]c2cc(Cl)c(Cl)c([N+](=O)[O-])c2[nH]c1=O.O=c1[nH]c2cc(Cl)c(Cl)cc2[nH]c1=O.[C-]#[N+]c1cc2[nH]c(=O)c(=O)[nH]c2cc1C. The lowest BCUT2D eigenvalue weighted by Gasteiger charge is -2.27. The minimum atomic E-state index is -1.16. The van der Waals surface area contributed by atoms with Gasteiger partial charge in [-0.1, -0.05) is 130 Å². The number of aromatic nitrogens is 13. The zero-order valence-electron chi connectivity index (χ0n) is 78.1. The Morgan fingerprint density at radius 3 is 1.50 bits per heavy atom. The van der Waals surface area contributed by atoms with Gasteiger partial charge in [0, 0.05) is 73.6 Å². The summed E-state index contributed by atoms with van der Waals surface area (Å²) < 4.78 is 14.1. The average Bonchev–Trinajstić information content (AvgIpc) is 1.37. The van der Waals surface area contributed by atoms with Crippen molar-refractivity contribution in [1.29, 1.82) is 0 Å². The zero-order chi connectivity index (χ0) is 110. The van der Waals surface area contributed by atoms with Gasteiger partial charge in [0.15, 0.2) is 5.69 Å². The molecule has 56 heteroatoms. The van der Waals surface area contributed by atoms with E-state index >= 15 is 0 Å². The predicted octanol–water partition coefficient (Wildman–Crippen LogP) is 12.2. The number of primary amides is 2. The number of carbonyl (C=O) groups is 4. The van der Waals surface area contributed by atoms with Gasteiger partial charge in [0.25, 0.3) is 5.69 Å². The Kier molecular flexibility index (Phi) is 38.0. The molecule has 1 saturated carbocycles. The van der Waals surface area contributed by atoms with Crippen LogP contribution in [-0.4, -0.2) is 153 Å². The Morgan fingerprint density at radius 2 is 1.00 bits per heavy atom. The number of fused-ring (bicyclic) bond motifs is 11. The lowest BCUT2D eigenvalue weighted by molar-refractivity contribution is -0.383. The molecule has 19 rings (SSSR count). The van der Waals surface area contributed by atoms with Gasteiger partial charge in [-0.25, -0.2) is 24.1 Å². The number of nitrogens with zero attached hydrogens (tertiary/aromatic N) is 4. The maximum absolute atomic E-state index is 12.1. The van der Waals surface area contributed by atoms with E-state index in [1.54, 1.807) is 68.4 Å². The van der Waals surface area contributed by atoms with Gasteiger partial charge in [0.05, 0.1) is 116 Å². The molecule has 1 aliphatic carbocycles. The molecular formula is C94H82Cl6N22O27S. The number of nitrogens with one attached hydrogen (secondary N) is 14. The van der Waals surface area contributed by atoms with Crippen LogP contribution in [0.25, 0.3) is 98.8 Å². The van der Waals surface area contributed by atoms with Gasteiger partial charge < -0.3 is 107 Å². The molecule has 0 radical (unpaired) electrons. The lowest BCUT2D eigenvalue weighted by atomic mass is 9.94. The van der Waals surface area contributed by atoms with Crippen molar-refractivity contribution in [3.8, 4) is 0 Å². The standard InChI is InChI=1S/C18H12Cl2N2O3.C13H11N3O4S.C13H15N3O2.C11H14N2O4.C10H7N3O2.C9H7N3O4.C8H3Cl2N3O4.C8H4Cl2N2O2.C4H9NO2/c19-10-8-13(20)16-12(17(18(24)25)22-14(16)9-10)6-7-15(23)21-11-4-2-1-3-5-11;1-6-5-8-11(16-13(18)12(17)15-8)7-3-2-4-9(10(6)7)21-20-19-14;1-7-5-10-11(15-13(18)12(17)14-10)9-6-16(2)4-3-8(7)9;12-10(14)16-6-9(7-17-11(13)15)8-4-2-1-3-5-8;1-5-3-7-8(4-6(5)11-2)13-10(15)9(14)12-7;1-4-2-5-7(6(3-4)12(15)16)11-9(14)8(13)10-5;9-2-1-3-5(6(4(2)10)13(16)17)12-8(15)7(14)11-3;9-3-1-5-6(2-4(3)10)12-8(14)7(13)11-5;5-4(1-2-4)3-7-6/h1-9,22H,(H,21,23)(H,24,25);2-5H,14H2,1H3,(H,15,17)(H,16,18);5H,3-4,6H2,1-2H3,(H,14,17)(H,15,18);1-5,9H,6-7H2,(H2,12,14)(H2,13,15);3-4H,1H3,(H,12,14)(H,13,15);2-3H,1H3,(H,10,13)(H,11,14);1H,(H,11,14)(H,12,15);1-2H,(H,11,13)(H,12,14);6H,1-3,5H2/b7-6+;;;;;;;;. The number of nitro benzene ring substituents is 2. The molecule has 0 saturated heterocycles. The number of para-hydroxylation sites is 1. The molecule has 24 N–H and O–H groups in total. The number of amides is 3. The Labute approximate surface area is 869 Å². The maximum Gasteiger partial charge on any atom is 0.404 e. The van der Waals surface area contributed by atoms with Crippen LogP contribution in [0, 0.1) is 54.5 Å². The first-order chi connectivity index (χ1) is 71.1. The van der Waals surface area contributed by atoms with Gasteiger partial charge in [-0.05, 0) is 178 Å². The monoisotopic (exact) mass is 2190 g/mol. The number of carboxylic acid groups (broad SMARTS) is 1. The van der Waals surface area contributed by atoms with E-state index in [-0.39, 0.29) is 80.7 Å². The third-order valence-electron chi connectivity index (χ3n) is 21.8. The Bertz CT molecular complexity index is 8980. The smallest absolute Gasteiger partial charge is 0.404 e. The highest BCUT2D eigenvalue weighted by atomic mass is 35.5. The molecule has 0 unspecified atom stereocenters. The molecule has 0 bridgehead atoms. The van der Waals surface area contributed by atoms with Crippen molar-refractivity contribution in [2.24, 2.45) is 23.1 Å². The summed E-state index contributed by atoms with van der Waals surface area (Å²) in [7, 11) is 2.06. The first kappa shape index (κ1) is 113. The van der Waals surface area contributed by atoms with E-state index in [9.17, 15) is 102 Å². The number of aromatic amines is 13. The number of hydrogen-bond donors (Lipinski definition) is 20. The van der Waals surface area contributed by atoms with Gasteiger partial charge in [-0.15, -0.1) is 9.32 Å². The number of carbonyl (C=O) groups excluding carboxylic acids is 3. The van der Waals surface area contributed by atoms with Crippen molar-refractivity contribution in [2.75, 3.05) is 38.7 Å². The topological polar surface area (TPSA) is 775 Å². The summed E-state index contributed by atoms with van der Waals surface area (Å²) in [6.07, 6.45) is 3.87. The van der Waals surface area contributed by atoms with Crippen LogP contribution in [0.5, 0.6) is 0 Å². The maximum atomic E-state index is 12.1. The molecule has 778 valence electrons. The number of likely N-dealkylation sites (N-methyl/N-ethyl adjacent to an activating group) is 1. The highest BCUT2D eigenvalue weighted by Crippen LogP contribution is 2.39. The first-order valence-corrected chi connectivity index (χ1v) is 46.1. The average molecular weight is 2200 g/mol. The number of nitro groups is 2. The molecule has 150 heavy (non-hydrogen) atoms. The summed E-state index contributed by atoms with van der Waals surface area (Å²) >= 11 is 35.9. The van der Waals surface area contributed by atoms with Gasteiger partial charge in [-0.2, -0.15) is 5.90 Å². The molecular weight excluding hydrogens is 2110 g/mol. The summed E-state index contributed by atoms with van der Waals surface area (Å²) in [4.78, 5) is 245. The Hall–Kier alpha value is -17.0. The summed E-state index contributed by atoms with van der Waals surface area (Å²) in [6.45, 7) is 16.5. The molecule has 10 aromatic carbocycles. The molecule has 49 nitrogen and oxygen atoms in total. The Morgan fingerprint density at radius 1 is 0.533 bits per heavy atom. The molecule has 1 fully saturated rings. The lowest BCUT2D eigenvalue weighted by Crippen LogP contribution is -2.32. The number of rotatable bonds is 16. The van der Waals surface area contributed by atoms with Crippen molar-refractivity contribution in [2.45, 2.75) is 69.9 Å². The summed E-state index contributed by atoms with van der Waals surface area (Å²) in [5.41, 5.74) is 18.5. The van der Waals surface area contributed by atoms with Crippen LogP contribution in [0.2, 0.25) is 30.1 Å². The van der Waals surface area contributed by atoms with E-state index in [0.717, 1.165) is 87.8 Å². The van der Waals surface area contributed by atoms with Crippen molar-refractivity contribution in [1.82, 2.24) is 69.7 Å². The van der Waals surface area contributed by atoms with Crippen molar-refractivity contribution < 1.29 is 63.1 Å². The van der Waals surface area contributed by atoms with Crippen molar-refractivity contribution in [3.63, 3.8) is 0 Å². The summed E-state index contributed by atoms with van der Waals surface area (Å²) in [5.74, 6) is 3.03. The number of benzene rings is 10. The third kappa shape index (κ3) is 29.0. The summed E-state index contributed by atoms with van der Waals surface area (Å²) in [6, 6.07) is 40.7. The quantitative estimate of drug-likeness (QED) is 0.00624. The van der Waals surface area contributed by atoms with Crippen LogP contribution in [0.1, 0.15) is 73.8 Å². The van der Waals surface area contributed by atoms with E-state index in [2.05, 4.69) is 96.8 Å². The molecule has 3 amide bonds. The second-order valence-corrected chi connectivity index (χ2v) is 35.7. The minimum absolute atomic E-state index is 0.0280. The molecule has 7 aromatic heterocycles. The van der Waals surface area contributed by atoms with E-state index < -0.39 is 100 Å². The van der Waals surface area contributed by atoms with Crippen LogP contribution >= 0.6 is 81.6 Å². The normalized spacial score (nSPS) is 12.0. The fourth-order valence-electron chi connectivity index (χ4n) is 14.6. The molecule has 0 atom stereocenters. The van der Waals surface area contributed by atoms with Crippen LogP contribution in [-0.2, 0) is 41.4 Å². The van der Waals surface area contributed by atoms with Crippen LogP contribution < -0.4 is 95.1 Å². The molecule has 17 aromatic rings. The minimum Gasteiger partial charge on any atom is -0.477 e. The van der Waals surface area contributed by atoms with Gasteiger partial charge >= 0.3 is 90.6 Å². The number of nitrogens with two attached hydrogens (primary N) is 4. The van der Waals surface area contributed by atoms with Gasteiger partial charge in [0.2, 0.25) is 5.91 Å². The molecule has 0 spiro atoms. The van der Waals surface area contributed by atoms with Crippen LogP contribution in [0.3, 0.4) is 0 Å². The third-order valence-corrected chi connectivity index (χ3v) is 24.5. The fraction of sp³-hybridized carbons (Fsp3) is 0.160. The molecule has 1 aliphatic heterocycles. The number of non-ortho nitro benzene ring substituents is 1. The summed E-state index contributed by atoms with van der Waals surface area (Å²) in [5, 5.41) is 44.6. The van der Waals surface area contributed by atoms with E-state index in [0.29, 0.717) is 92.1 Å². The molecule has 8 heterocycles. The van der Waals surface area contributed by atoms with Crippen molar-refractivity contribution in [3.05, 3.63) is 388 Å². The number of ether oxygens (including phenoxy) is 2. The largest absolute Gasteiger partial charge is 0.477 e. The zero-order valence-corrected chi connectivity index (χ0v) is 83.5. The Balaban J connectivity index is 0.000000162. The second-order valence-electron chi connectivity index (χ2n) is 32.5. The number of H-pyrrole nitrogens is 13. The predicted molar refractivity (Wildman–Crippen MR) is 564 cm³/mol. The van der Waals surface area contributed by atoms with E-state index in [1.807, 2.05) is 74.5 Å². The number of halogens is 6. The molecule has 2 aliphatic rings. The van der Waals surface area contributed by atoms with Gasteiger partial charge in [-0.3, -0.25) is 87.8 Å². The van der Waals surface area contributed by atoms with Crippen LogP contribution in [0.15, 0.2) is 214 Å². The highest BCUT2D eigenvalue weighted by molar-refractivity contribution is 7.94. The number of carboxylic acids is 1. The number of aryl methyl sites for hydroxylation is 4. The number of hydrogen-bond acceptors (Lipinski definition) is 30. The highest BCUT2D eigenvalue weighted by Gasteiger charge is 2.38. The van der Waals surface area contributed by atoms with E-state index in [4.69, 9.17) is 118 Å². The van der Waals surface area contributed by atoms with Crippen molar-refractivity contribution >= 4 is 222 Å². The first-order valence-electron chi connectivity index (χ1n) is 43.1. The van der Waals surface area contributed by atoms with Gasteiger partial charge in [0.1, 0.15) is 35.0 Å². The fourth-order valence-corrected chi connectivity index (χ4v) is 16.6.